The molecular weight excluding hydrogens is 362 g/mol. The summed E-state index contributed by atoms with van der Waals surface area (Å²) in [7, 11) is 1.53. The topological polar surface area (TPSA) is 81.9 Å². The molecule has 1 aromatic carbocycles. The fourth-order valence-electron chi connectivity index (χ4n) is 1.88. The number of hydrogen-bond acceptors (Lipinski definition) is 5. The molecule has 0 spiro atoms. The predicted molar refractivity (Wildman–Crippen MR) is 87.8 cm³/mol. The third-order valence-corrected chi connectivity index (χ3v) is 3.50. The third-order valence-electron chi connectivity index (χ3n) is 3.00. The Kier molecular flexibility index (Phi) is 4.33. The van der Waals surface area contributed by atoms with Gasteiger partial charge in [0.05, 0.1) is 30.9 Å². The number of carbonyl (C=O) groups is 1. The van der Waals surface area contributed by atoms with Crippen LogP contribution in [0.15, 0.2) is 53.3 Å². The Hall–Kier alpha value is -2.74. The third kappa shape index (κ3) is 3.54. The maximum absolute atomic E-state index is 12.2. The zero-order valence-electron chi connectivity index (χ0n) is 12.1. The van der Waals surface area contributed by atoms with E-state index in [4.69, 9.17) is 4.74 Å². The van der Waals surface area contributed by atoms with Crippen LogP contribution in [0, 0.1) is 0 Å². The number of amides is 1. The minimum absolute atomic E-state index is 0.209. The van der Waals surface area contributed by atoms with Crippen molar-refractivity contribution in [1.82, 2.24) is 20.0 Å². The van der Waals surface area contributed by atoms with Crippen LogP contribution in [-0.4, -0.2) is 33.0 Å². The van der Waals surface area contributed by atoms with E-state index in [2.05, 4.69) is 36.5 Å². The van der Waals surface area contributed by atoms with Crippen molar-refractivity contribution in [1.29, 1.82) is 0 Å². The van der Waals surface area contributed by atoms with E-state index in [1.807, 2.05) is 24.3 Å². The molecule has 8 heteroatoms. The molecule has 0 aliphatic carbocycles. The van der Waals surface area contributed by atoms with Crippen molar-refractivity contribution in [2.45, 2.75) is 0 Å². The van der Waals surface area contributed by atoms with E-state index >= 15 is 0 Å². The lowest BCUT2D eigenvalue weighted by Crippen LogP contribution is -2.12. The van der Waals surface area contributed by atoms with Crippen molar-refractivity contribution in [3.05, 3.63) is 59.0 Å². The first-order valence-electron chi connectivity index (χ1n) is 6.65. The number of benzene rings is 1. The fourth-order valence-corrected chi connectivity index (χ4v) is 2.27. The first kappa shape index (κ1) is 15.2. The van der Waals surface area contributed by atoms with Crippen LogP contribution in [0.1, 0.15) is 10.5 Å². The summed E-state index contributed by atoms with van der Waals surface area (Å²) in [6, 6.07) is 10.9. The standard InChI is InChI=1S/C15H12BrN5O2/c1-23-14-6-5-11(8-17-14)18-15(22)13-9-21(20-19-13)12-4-2-3-10(16)7-12/h2-9H,1H3,(H,18,22). The molecule has 116 valence electrons. The number of carbonyl (C=O) groups excluding carboxylic acids is 1. The molecule has 0 radical (unpaired) electrons. The molecule has 2 aromatic heterocycles. The largest absolute Gasteiger partial charge is 0.481 e. The molecule has 2 heterocycles. The summed E-state index contributed by atoms with van der Waals surface area (Å²) >= 11 is 3.39. The molecule has 7 nitrogen and oxygen atoms in total. The van der Waals surface area contributed by atoms with Crippen LogP contribution in [0.4, 0.5) is 5.69 Å². The van der Waals surface area contributed by atoms with Gasteiger partial charge in [0, 0.05) is 10.5 Å². The molecule has 3 rings (SSSR count). The molecule has 0 aliphatic rings. The lowest BCUT2D eigenvalue weighted by atomic mass is 10.3. The summed E-state index contributed by atoms with van der Waals surface area (Å²) in [5.74, 6) is 0.113. The summed E-state index contributed by atoms with van der Waals surface area (Å²) < 4.78 is 7.42. The van der Waals surface area contributed by atoms with Crippen molar-refractivity contribution in [3.63, 3.8) is 0 Å². The minimum Gasteiger partial charge on any atom is -0.481 e. The molecule has 0 bridgehead atoms. The van der Waals surface area contributed by atoms with Crippen molar-refractivity contribution >= 4 is 27.5 Å². The second-order valence-electron chi connectivity index (χ2n) is 4.57. The maximum atomic E-state index is 12.2. The lowest BCUT2D eigenvalue weighted by Gasteiger charge is -2.03. The summed E-state index contributed by atoms with van der Waals surface area (Å²) in [4.78, 5) is 16.2. The average molecular weight is 374 g/mol. The Balaban J connectivity index is 1.75. The number of nitrogens with one attached hydrogen (secondary N) is 1. The molecule has 0 saturated carbocycles. The Labute approximate surface area is 140 Å². The number of pyridine rings is 1. The van der Waals surface area contributed by atoms with Gasteiger partial charge in [-0.25, -0.2) is 9.67 Å². The molecule has 0 saturated heterocycles. The number of ether oxygens (including phenoxy) is 1. The molecule has 23 heavy (non-hydrogen) atoms. The van der Waals surface area contributed by atoms with Gasteiger partial charge < -0.3 is 10.1 Å². The van der Waals surface area contributed by atoms with Crippen LogP contribution >= 0.6 is 15.9 Å². The summed E-state index contributed by atoms with van der Waals surface area (Å²) in [6.45, 7) is 0. The number of methoxy groups -OCH3 is 1. The second-order valence-corrected chi connectivity index (χ2v) is 5.49. The SMILES string of the molecule is COc1ccc(NC(=O)c2cn(-c3cccc(Br)c3)nn2)cn1. The van der Waals surface area contributed by atoms with E-state index in [1.54, 1.807) is 18.3 Å². The van der Waals surface area contributed by atoms with Gasteiger partial charge in [-0.05, 0) is 24.3 Å². The highest BCUT2D eigenvalue weighted by atomic mass is 79.9. The lowest BCUT2D eigenvalue weighted by molar-refractivity contribution is 0.102. The van der Waals surface area contributed by atoms with Crippen molar-refractivity contribution < 1.29 is 9.53 Å². The minimum atomic E-state index is -0.363. The monoisotopic (exact) mass is 373 g/mol. The van der Waals surface area contributed by atoms with Crippen molar-refractivity contribution in [3.8, 4) is 11.6 Å². The van der Waals surface area contributed by atoms with Crippen LogP contribution in [0.2, 0.25) is 0 Å². The van der Waals surface area contributed by atoms with Crippen LogP contribution in [0.5, 0.6) is 5.88 Å². The van der Waals surface area contributed by atoms with E-state index in [-0.39, 0.29) is 11.6 Å². The van der Waals surface area contributed by atoms with Gasteiger partial charge in [0.2, 0.25) is 5.88 Å². The van der Waals surface area contributed by atoms with E-state index in [0.29, 0.717) is 11.6 Å². The van der Waals surface area contributed by atoms with Gasteiger partial charge in [-0.15, -0.1) is 5.10 Å². The van der Waals surface area contributed by atoms with Crippen molar-refractivity contribution in [2.24, 2.45) is 0 Å². The van der Waals surface area contributed by atoms with Gasteiger partial charge in [0.15, 0.2) is 5.69 Å². The van der Waals surface area contributed by atoms with E-state index < -0.39 is 0 Å². The molecule has 0 unspecified atom stereocenters. The molecule has 0 fully saturated rings. The van der Waals surface area contributed by atoms with E-state index in [9.17, 15) is 4.79 Å². The molecule has 0 atom stereocenters. The number of nitrogens with zero attached hydrogens (tertiary/aromatic N) is 4. The Morgan fingerprint density at radius 1 is 1.30 bits per heavy atom. The second kappa shape index (κ2) is 6.57. The fraction of sp³-hybridized carbons (Fsp3) is 0.0667. The first-order valence-corrected chi connectivity index (χ1v) is 7.45. The highest BCUT2D eigenvalue weighted by Crippen LogP contribution is 2.15. The van der Waals surface area contributed by atoms with E-state index in [1.165, 1.54) is 18.0 Å². The van der Waals surface area contributed by atoms with Crippen LogP contribution < -0.4 is 10.1 Å². The van der Waals surface area contributed by atoms with Gasteiger partial charge in [-0.3, -0.25) is 4.79 Å². The zero-order chi connectivity index (χ0) is 16.2. The molecular formula is C15H12BrN5O2. The normalized spacial score (nSPS) is 10.3. The Bertz CT molecular complexity index is 832. The maximum Gasteiger partial charge on any atom is 0.277 e. The number of aromatic nitrogens is 4. The van der Waals surface area contributed by atoms with Gasteiger partial charge in [0.1, 0.15) is 0 Å². The first-order chi connectivity index (χ1) is 11.2. The number of rotatable bonds is 4. The van der Waals surface area contributed by atoms with Gasteiger partial charge >= 0.3 is 0 Å². The van der Waals surface area contributed by atoms with Crippen LogP contribution in [0.3, 0.4) is 0 Å². The number of anilines is 1. The van der Waals surface area contributed by atoms with E-state index in [0.717, 1.165) is 10.2 Å². The Morgan fingerprint density at radius 2 is 2.17 bits per heavy atom. The highest BCUT2D eigenvalue weighted by molar-refractivity contribution is 9.10. The summed E-state index contributed by atoms with van der Waals surface area (Å²) in [5, 5.41) is 10.6. The van der Waals surface area contributed by atoms with Gasteiger partial charge in [-0.2, -0.15) is 0 Å². The summed E-state index contributed by atoms with van der Waals surface area (Å²) in [5.41, 5.74) is 1.56. The summed E-state index contributed by atoms with van der Waals surface area (Å²) in [6.07, 6.45) is 3.07. The number of halogens is 1. The zero-order valence-corrected chi connectivity index (χ0v) is 13.7. The van der Waals surface area contributed by atoms with Gasteiger partial charge in [0.25, 0.3) is 5.91 Å². The van der Waals surface area contributed by atoms with Crippen molar-refractivity contribution in [2.75, 3.05) is 12.4 Å². The predicted octanol–water partition coefficient (Wildman–Crippen LogP) is 2.69. The number of hydrogen-bond donors (Lipinski definition) is 1. The van der Waals surface area contributed by atoms with Crippen LogP contribution in [-0.2, 0) is 0 Å². The van der Waals surface area contributed by atoms with Crippen LogP contribution in [0.25, 0.3) is 5.69 Å². The quantitative estimate of drug-likeness (QED) is 0.760. The Morgan fingerprint density at radius 3 is 2.87 bits per heavy atom. The van der Waals surface area contributed by atoms with Gasteiger partial charge in [-0.1, -0.05) is 27.2 Å². The molecule has 1 amide bonds. The molecule has 3 aromatic rings. The molecule has 0 aliphatic heterocycles. The highest BCUT2D eigenvalue weighted by Gasteiger charge is 2.12. The average Bonchev–Trinajstić information content (AvgIpc) is 3.06. The smallest absolute Gasteiger partial charge is 0.277 e. The molecule has 1 N–H and O–H groups in total.